The van der Waals surface area contributed by atoms with Gasteiger partial charge in [-0.1, -0.05) is 54.6 Å². The number of aromatic nitrogens is 3. The van der Waals surface area contributed by atoms with E-state index in [1.54, 1.807) is 0 Å². The van der Waals surface area contributed by atoms with Crippen LogP contribution in [-0.2, 0) is 0 Å². The molecule has 0 aliphatic rings. The van der Waals surface area contributed by atoms with Crippen LogP contribution in [0.4, 0.5) is 0 Å². The van der Waals surface area contributed by atoms with Gasteiger partial charge in [0.15, 0.2) is 0 Å². The number of aryl methyl sites for hydroxylation is 1. The van der Waals surface area contributed by atoms with Crippen molar-refractivity contribution in [2.75, 3.05) is 0 Å². The summed E-state index contributed by atoms with van der Waals surface area (Å²) in [6, 6.07) is 22.4. The first-order valence-corrected chi connectivity index (χ1v) is 7.95. The fourth-order valence-electron chi connectivity index (χ4n) is 2.83. The molecule has 3 nitrogen and oxygen atoms in total. The minimum Gasteiger partial charge on any atom is -0.277 e. The number of fused-ring (bicyclic) bond motifs is 1. The first-order valence-electron chi connectivity index (χ1n) is 7.95. The molecule has 3 heteroatoms. The highest BCUT2D eigenvalue weighted by Gasteiger charge is 2.12. The van der Waals surface area contributed by atoms with Crippen molar-refractivity contribution in [1.82, 2.24) is 14.5 Å². The summed E-state index contributed by atoms with van der Waals surface area (Å²) in [5.41, 5.74) is 4.30. The smallest absolute Gasteiger partial charge is 0.141 e. The highest BCUT2D eigenvalue weighted by Crippen LogP contribution is 2.23. The lowest BCUT2D eigenvalue weighted by Gasteiger charge is -2.08. The summed E-state index contributed by atoms with van der Waals surface area (Å²) in [5, 5.41) is 0. The molecule has 0 saturated heterocycles. The molecule has 0 unspecified atom stereocenters. The molecule has 0 aliphatic carbocycles. The predicted octanol–water partition coefficient (Wildman–Crippen LogP) is 4.90. The van der Waals surface area contributed by atoms with E-state index in [0.29, 0.717) is 0 Å². The van der Waals surface area contributed by atoms with Gasteiger partial charge in [0, 0.05) is 6.20 Å². The highest BCUT2D eigenvalue weighted by molar-refractivity contribution is 5.82. The van der Waals surface area contributed by atoms with Gasteiger partial charge < -0.3 is 0 Å². The molecule has 4 aromatic rings. The summed E-state index contributed by atoms with van der Waals surface area (Å²) in [6.07, 6.45) is 5.95. The minimum absolute atomic E-state index is 0.877. The Bertz CT molecular complexity index is 1010. The minimum atomic E-state index is 0.877. The third-order valence-electron chi connectivity index (χ3n) is 4.00. The first kappa shape index (κ1) is 14.4. The van der Waals surface area contributed by atoms with Gasteiger partial charge in [-0.2, -0.15) is 0 Å². The van der Waals surface area contributed by atoms with Crippen molar-refractivity contribution in [3.8, 4) is 5.82 Å². The Morgan fingerprint density at radius 2 is 1.62 bits per heavy atom. The third-order valence-corrected chi connectivity index (χ3v) is 4.00. The second kappa shape index (κ2) is 6.13. The zero-order chi connectivity index (χ0) is 16.4. The average molecular weight is 311 g/mol. The summed E-state index contributed by atoms with van der Waals surface area (Å²) in [4.78, 5) is 9.36. The number of hydrogen-bond donors (Lipinski definition) is 0. The van der Waals surface area contributed by atoms with Gasteiger partial charge in [-0.25, -0.2) is 9.97 Å². The van der Waals surface area contributed by atoms with Gasteiger partial charge >= 0.3 is 0 Å². The maximum atomic E-state index is 4.78. The van der Waals surface area contributed by atoms with Crippen LogP contribution < -0.4 is 0 Å². The lowest BCUT2D eigenvalue weighted by atomic mass is 10.2. The van der Waals surface area contributed by atoms with Crippen LogP contribution in [0.1, 0.15) is 17.0 Å². The quantitative estimate of drug-likeness (QED) is 0.539. The first-order chi connectivity index (χ1) is 11.8. The Morgan fingerprint density at radius 1 is 0.833 bits per heavy atom. The number of para-hydroxylation sites is 2. The average Bonchev–Trinajstić information content (AvgIpc) is 2.99. The van der Waals surface area contributed by atoms with E-state index in [2.05, 4.69) is 46.8 Å². The number of pyridine rings is 1. The number of benzene rings is 2. The number of imidazole rings is 1. The van der Waals surface area contributed by atoms with Crippen LogP contribution in [-0.4, -0.2) is 14.5 Å². The summed E-state index contributed by atoms with van der Waals surface area (Å²) in [7, 11) is 0. The fraction of sp³-hybridized carbons (Fsp3) is 0.0476. The van der Waals surface area contributed by atoms with Crippen molar-refractivity contribution in [2.24, 2.45) is 0 Å². The Kier molecular flexibility index (Phi) is 3.67. The van der Waals surface area contributed by atoms with E-state index in [4.69, 9.17) is 4.98 Å². The van der Waals surface area contributed by atoms with Crippen molar-refractivity contribution in [3.05, 3.63) is 89.9 Å². The van der Waals surface area contributed by atoms with Crippen molar-refractivity contribution in [1.29, 1.82) is 0 Å². The number of rotatable bonds is 3. The molecule has 0 bridgehead atoms. The molecule has 0 radical (unpaired) electrons. The summed E-state index contributed by atoms with van der Waals surface area (Å²) in [6.45, 7) is 2.07. The van der Waals surface area contributed by atoms with Crippen molar-refractivity contribution in [3.63, 3.8) is 0 Å². The molecule has 0 amide bonds. The van der Waals surface area contributed by atoms with E-state index in [1.165, 1.54) is 0 Å². The summed E-state index contributed by atoms with van der Waals surface area (Å²) < 4.78 is 2.12. The van der Waals surface area contributed by atoms with Gasteiger partial charge in [-0.3, -0.25) is 4.57 Å². The largest absolute Gasteiger partial charge is 0.277 e. The Labute approximate surface area is 140 Å². The summed E-state index contributed by atoms with van der Waals surface area (Å²) in [5.74, 6) is 1.79. The van der Waals surface area contributed by atoms with E-state index < -0.39 is 0 Å². The van der Waals surface area contributed by atoms with Crippen LogP contribution in [0.2, 0.25) is 0 Å². The molecular weight excluding hydrogens is 294 g/mol. The van der Waals surface area contributed by atoms with Crippen LogP contribution in [0, 0.1) is 6.92 Å². The van der Waals surface area contributed by atoms with Crippen molar-refractivity contribution in [2.45, 2.75) is 6.92 Å². The van der Waals surface area contributed by atoms with E-state index >= 15 is 0 Å². The van der Waals surface area contributed by atoms with Gasteiger partial charge in [0.25, 0.3) is 0 Å². The lowest BCUT2D eigenvalue weighted by molar-refractivity contribution is 0.987. The van der Waals surface area contributed by atoms with Crippen LogP contribution in [0.25, 0.3) is 29.0 Å². The van der Waals surface area contributed by atoms with Crippen LogP contribution >= 0.6 is 0 Å². The number of hydrogen-bond acceptors (Lipinski definition) is 2. The van der Waals surface area contributed by atoms with Crippen molar-refractivity contribution < 1.29 is 0 Å². The van der Waals surface area contributed by atoms with Gasteiger partial charge in [0.05, 0.1) is 11.0 Å². The maximum Gasteiger partial charge on any atom is 0.141 e. The molecule has 4 rings (SSSR count). The van der Waals surface area contributed by atoms with Gasteiger partial charge in [-0.05, 0) is 42.3 Å². The van der Waals surface area contributed by atoms with Gasteiger partial charge in [-0.15, -0.1) is 0 Å². The molecule has 2 heterocycles. The van der Waals surface area contributed by atoms with E-state index in [0.717, 1.165) is 33.8 Å². The molecule has 2 aromatic heterocycles. The number of nitrogens with zero attached hydrogens (tertiary/aromatic N) is 3. The Morgan fingerprint density at radius 3 is 2.46 bits per heavy atom. The summed E-state index contributed by atoms with van der Waals surface area (Å²) >= 11 is 0. The fourth-order valence-corrected chi connectivity index (χ4v) is 2.83. The van der Waals surface area contributed by atoms with E-state index in [-0.39, 0.29) is 0 Å². The molecule has 0 aliphatic heterocycles. The molecule has 2 aromatic carbocycles. The predicted molar refractivity (Wildman–Crippen MR) is 99.0 cm³/mol. The van der Waals surface area contributed by atoms with Gasteiger partial charge in [0.2, 0.25) is 0 Å². The van der Waals surface area contributed by atoms with Crippen LogP contribution in [0.5, 0.6) is 0 Å². The third kappa shape index (κ3) is 2.61. The second-order valence-electron chi connectivity index (χ2n) is 5.68. The van der Waals surface area contributed by atoms with Gasteiger partial charge in [0.1, 0.15) is 11.6 Å². The normalized spacial score (nSPS) is 11.4. The SMILES string of the molecule is Cc1cccnc1-n1c(/C=C/c2ccccc2)nc2ccccc21. The Balaban J connectivity index is 1.91. The van der Waals surface area contributed by atoms with E-state index in [1.807, 2.05) is 54.7 Å². The molecule has 0 atom stereocenters. The Hall–Kier alpha value is -3.20. The van der Waals surface area contributed by atoms with Crippen LogP contribution in [0.15, 0.2) is 72.9 Å². The maximum absolute atomic E-state index is 4.78. The monoisotopic (exact) mass is 311 g/mol. The molecule has 0 N–H and O–H groups in total. The zero-order valence-electron chi connectivity index (χ0n) is 13.4. The van der Waals surface area contributed by atoms with Crippen LogP contribution in [0.3, 0.4) is 0 Å². The standard InChI is InChI=1S/C21H17N3/c1-16-8-7-15-22-21(16)24-19-12-6-5-11-18(19)23-20(24)14-13-17-9-3-2-4-10-17/h2-15H,1H3/b14-13+. The molecule has 0 fully saturated rings. The molecular formula is C21H17N3. The molecule has 0 saturated carbocycles. The van der Waals surface area contributed by atoms with Crippen molar-refractivity contribution >= 4 is 23.2 Å². The second-order valence-corrected chi connectivity index (χ2v) is 5.68. The molecule has 0 spiro atoms. The zero-order valence-corrected chi connectivity index (χ0v) is 13.4. The molecule has 24 heavy (non-hydrogen) atoms. The topological polar surface area (TPSA) is 30.7 Å². The highest BCUT2D eigenvalue weighted by atomic mass is 15.1. The van der Waals surface area contributed by atoms with E-state index in [9.17, 15) is 0 Å². The lowest BCUT2D eigenvalue weighted by Crippen LogP contribution is -2.02. The molecule has 116 valence electrons.